The molecule has 35 heavy (non-hydrogen) atoms. The fraction of sp³-hybridized carbons (Fsp3) is 0.320. The van der Waals surface area contributed by atoms with Gasteiger partial charge in [0.25, 0.3) is 11.6 Å². The molecule has 10 heteroatoms. The second kappa shape index (κ2) is 8.81. The molecule has 2 fully saturated rings. The molecule has 1 saturated heterocycles. The van der Waals surface area contributed by atoms with Crippen LogP contribution in [0.1, 0.15) is 22.3 Å². The number of halogens is 1. The van der Waals surface area contributed by atoms with Gasteiger partial charge in [-0.3, -0.25) is 29.4 Å². The van der Waals surface area contributed by atoms with Crippen molar-refractivity contribution in [3.63, 3.8) is 0 Å². The third-order valence-corrected chi connectivity index (χ3v) is 7.51. The van der Waals surface area contributed by atoms with Crippen LogP contribution in [0.4, 0.5) is 17.1 Å². The number of rotatable bonds is 7. The molecule has 1 saturated carbocycles. The molecule has 2 aliphatic carbocycles. The predicted molar refractivity (Wildman–Crippen MR) is 130 cm³/mol. The Morgan fingerprint density at radius 2 is 1.80 bits per heavy atom. The lowest BCUT2D eigenvalue weighted by Gasteiger charge is -2.18. The van der Waals surface area contributed by atoms with Gasteiger partial charge in [-0.15, -0.1) is 0 Å². The maximum absolute atomic E-state index is 13.0. The molecule has 2 aromatic rings. The van der Waals surface area contributed by atoms with Gasteiger partial charge in [0.2, 0.25) is 11.8 Å². The maximum atomic E-state index is 13.0. The summed E-state index contributed by atoms with van der Waals surface area (Å²) < 4.78 is 0. The molecule has 2 aromatic carbocycles. The number of nitro groups is 1. The first-order valence-corrected chi connectivity index (χ1v) is 11.8. The van der Waals surface area contributed by atoms with E-state index in [0.29, 0.717) is 16.4 Å². The summed E-state index contributed by atoms with van der Waals surface area (Å²) in [6.07, 6.45) is 4.95. The molecule has 0 radical (unpaired) electrons. The van der Waals surface area contributed by atoms with Crippen LogP contribution in [0.15, 0.2) is 48.6 Å². The Kier molecular flexibility index (Phi) is 5.80. The van der Waals surface area contributed by atoms with E-state index in [1.807, 2.05) is 19.1 Å². The van der Waals surface area contributed by atoms with E-state index in [1.165, 1.54) is 23.1 Å². The normalized spacial score (nSPS) is 24.1. The third-order valence-electron chi connectivity index (χ3n) is 7.10. The number of hydrogen-bond acceptors (Lipinski definition) is 6. The summed E-state index contributed by atoms with van der Waals surface area (Å²) in [5, 5.41) is 17.5. The summed E-state index contributed by atoms with van der Waals surface area (Å²) in [6, 6.07) is 8.97. The van der Waals surface area contributed by atoms with E-state index in [0.717, 1.165) is 12.0 Å². The average molecular weight is 495 g/mol. The molecule has 0 aromatic heterocycles. The Morgan fingerprint density at radius 3 is 2.43 bits per heavy atom. The van der Waals surface area contributed by atoms with E-state index >= 15 is 0 Å². The molecular formula is C25H23ClN4O5. The number of likely N-dealkylation sites (tertiary alicyclic amines) is 1. The number of aryl methyl sites for hydroxylation is 1. The van der Waals surface area contributed by atoms with Crippen LogP contribution < -0.4 is 10.6 Å². The molecule has 3 amide bonds. The highest BCUT2D eigenvalue weighted by atomic mass is 35.5. The van der Waals surface area contributed by atoms with Crippen molar-refractivity contribution >= 4 is 46.4 Å². The Balaban J connectivity index is 1.30. The Morgan fingerprint density at radius 1 is 1.11 bits per heavy atom. The Hall–Kier alpha value is -3.72. The zero-order valence-corrected chi connectivity index (χ0v) is 19.6. The van der Waals surface area contributed by atoms with Gasteiger partial charge in [-0.25, -0.2) is 0 Å². The molecule has 5 rings (SSSR count). The van der Waals surface area contributed by atoms with Gasteiger partial charge >= 0.3 is 0 Å². The third kappa shape index (κ3) is 4.05. The van der Waals surface area contributed by atoms with E-state index in [9.17, 15) is 24.5 Å². The number of carbonyl (C=O) groups is 3. The summed E-state index contributed by atoms with van der Waals surface area (Å²) in [5.41, 5.74) is 1.48. The first kappa shape index (κ1) is 23.0. The zero-order chi connectivity index (χ0) is 24.9. The molecule has 4 atom stereocenters. The molecule has 180 valence electrons. The van der Waals surface area contributed by atoms with Crippen molar-refractivity contribution < 1.29 is 19.3 Å². The fourth-order valence-corrected chi connectivity index (χ4v) is 5.52. The van der Waals surface area contributed by atoms with Crippen LogP contribution >= 0.6 is 11.6 Å². The topological polar surface area (TPSA) is 122 Å². The average Bonchev–Trinajstić information content (AvgIpc) is 3.51. The number of amides is 3. The lowest BCUT2D eigenvalue weighted by Crippen LogP contribution is -2.36. The summed E-state index contributed by atoms with van der Waals surface area (Å²) in [5.74, 6) is -1.09. The van der Waals surface area contributed by atoms with Crippen molar-refractivity contribution in [1.82, 2.24) is 4.90 Å². The summed E-state index contributed by atoms with van der Waals surface area (Å²) in [4.78, 5) is 50.8. The number of nitrogens with zero attached hydrogens (tertiary/aromatic N) is 2. The van der Waals surface area contributed by atoms with Crippen LogP contribution in [0.2, 0.25) is 5.02 Å². The van der Waals surface area contributed by atoms with E-state index in [4.69, 9.17) is 11.6 Å². The van der Waals surface area contributed by atoms with Crippen molar-refractivity contribution in [2.24, 2.45) is 23.7 Å². The number of allylic oxidation sites excluding steroid dienone is 2. The van der Waals surface area contributed by atoms with Gasteiger partial charge in [-0.05, 0) is 48.9 Å². The van der Waals surface area contributed by atoms with Gasteiger partial charge in [0.05, 0.1) is 22.3 Å². The zero-order valence-electron chi connectivity index (χ0n) is 18.9. The quantitative estimate of drug-likeness (QED) is 0.259. The van der Waals surface area contributed by atoms with Gasteiger partial charge in [-0.1, -0.05) is 29.8 Å². The van der Waals surface area contributed by atoms with Gasteiger partial charge in [0.1, 0.15) is 0 Å². The number of fused-ring (bicyclic) bond motifs is 5. The number of hydrogen-bond donors (Lipinski definition) is 2. The van der Waals surface area contributed by atoms with Crippen LogP contribution in [-0.2, 0) is 9.59 Å². The SMILES string of the molecule is Cc1ccc(NC(=O)c2cc([N+](=O)[O-])ccc2NCCN2C(=O)[C@@H]3[C@@H](C2=O)[C@H]2C=C[C@H]3C2)cc1Cl. The monoisotopic (exact) mass is 494 g/mol. The second-order valence-corrected chi connectivity index (χ2v) is 9.57. The van der Waals surface area contributed by atoms with E-state index in [2.05, 4.69) is 10.6 Å². The van der Waals surface area contributed by atoms with E-state index in [1.54, 1.807) is 18.2 Å². The van der Waals surface area contributed by atoms with E-state index in [-0.39, 0.29) is 59.8 Å². The van der Waals surface area contributed by atoms with Gasteiger partial charge < -0.3 is 10.6 Å². The minimum Gasteiger partial charge on any atom is -0.383 e. The van der Waals surface area contributed by atoms with Gasteiger partial charge in [-0.2, -0.15) is 0 Å². The van der Waals surface area contributed by atoms with E-state index < -0.39 is 10.8 Å². The largest absolute Gasteiger partial charge is 0.383 e. The van der Waals surface area contributed by atoms with Crippen LogP contribution in [0.3, 0.4) is 0 Å². The lowest BCUT2D eigenvalue weighted by atomic mass is 9.85. The van der Waals surface area contributed by atoms with Crippen molar-refractivity contribution in [3.8, 4) is 0 Å². The molecule has 0 unspecified atom stereocenters. The first-order valence-electron chi connectivity index (χ1n) is 11.4. The molecular weight excluding hydrogens is 472 g/mol. The highest BCUT2D eigenvalue weighted by molar-refractivity contribution is 6.31. The molecule has 0 spiro atoms. The fourth-order valence-electron chi connectivity index (χ4n) is 5.34. The lowest BCUT2D eigenvalue weighted by molar-refractivity contribution is -0.384. The van der Waals surface area contributed by atoms with Gasteiger partial charge in [0.15, 0.2) is 0 Å². The number of imide groups is 1. The van der Waals surface area contributed by atoms with Crippen molar-refractivity contribution in [3.05, 3.63) is 74.8 Å². The first-order chi connectivity index (χ1) is 16.7. The van der Waals surface area contributed by atoms with Crippen molar-refractivity contribution in [1.29, 1.82) is 0 Å². The summed E-state index contributed by atoms with van der Waals surface area (Å²) in [6.45, 7) is 2.19. The maximum Gasteiger partial charge on any atom is 0.270 e. The standard InChI is InChI=1S/C25H23ClN4O5/c1-13-2-5-16(11-19(13)26)28-23(31)18-12-17(30(34)35)6-7-20(18)27-8-9-29-24(32)21-14-3-4-15(10-14)22(21)25(29)33/h2-7,11-12,14-15,21-22,27H,8-10H2,1H3,(H,28,31)/t14-,15-,21-,22-/m0/s1. The summed E-state index contributed by atoms with van der Waals surface area (Å²) >= 11 is 6.14. The number of anilines is 2. The predicted octanol–water partition coefficient (Wildman–Crippen LogP) is 4.03. The number of carbonyl (C=O) groups excluding carboxylic acids is 3. The molecule has 2 N–H and O–H groups in total. The molecule has 1 aliphatic heterocycles. The highest BCUT2D eigenvalue weighted by Gasteiger charge is 2.58. The Bertz CT molecular complexity index is 1260. The summed E-state index contributed by atoms with van der Waals surface area (Å²) in [7, 11) is 0. The second-order valence-electron chi connectivity index (χ2n) is 9.16. The molecule has 2 bridgehead atoms. The van der Waals surface area contributed by atoms with Crippen LogP contribution in [-0.4, -0.2) is 40.6 Å². The molecule has 1 heterocycles. The number of benzene rings is 2. The minimum absolute atomic E-state index is 0.0640. The van der Waals surface area contributed by atoms with Crippen molar-refractivity contribution in [2.45, 2.75) is 13.3 Å². The van der Waals surface area contributed by atoms with Gasteiger partial charge in [0, 0.05) is 41.6 Å². The minimum atomic E-state index is -0.577. The molecule has 9 nitrogen and oxygen atoms in total. The molecule has 3 aliphatic rings. The van der Waals surface area contributed by atoms with Crippen LogP contribution in [0.25, 0.3) is 0 Å². The van der Waals surface area contributed by atoms with Crippen LogP contribution in [0.5, 0.6) is 0 Å². The van der Waals surface area contributed by atoms with Crippen LogP contribution in [0, 0.1) is 40.7 Å². The number of nitro benzene ring substituents is 1. The Labute approximate surface area is 206 Å². The van der Waals surface area contributed by atoms with Crippen molar-refractivity contribution in [2.75, 3.05) is 23.7 Å². The highest BCUT2D eigenvalue weighted by Crippen LogP contribution is 2.52. The smallest absolute Gasteiger partial charge is 0.270 e. The number of non-ortho nitro benzene ring substituents is 1. The number of nitrogens with one attached hydrogen (secondary N) is 2.